The molecule has 4 atom stereocenters. The maximum absolute atomic E-state index is 12.1. The van der Waals surface area contributed by atoms with Gasteiger partial charge in [-0.2, -0.15) is 0 Å². The van der Waals surface area contributed by atoms with Gasteiger partial charge in [-0.15, -0.1) is 11.3 Å². The van der Waals surface area contributed by atoms with E-state index in [-0.39, 0.29) is 43.5 Å². The smallest absolute Gasteiger partial charge is 0.303 e. The number of aliphatic hydroxyl groups is 1. The molecule has 6 rings (SSSR count). The van der Waals surface area contributed by atoms with Crippen molar-refractivity contribution in [2.75, 3.05) is 5.75 Å². The molecule has 0 aliphatic carbocycles. The van der Waals surface area contributed by atoms with E-state index in [4.69, 9.17) is 19.6 Å². The second-order valence-corrected chi connectivity index (χ2v) is 13.9. The molecule has 0 unspecified atom stereocenters. The van der Waals surface area contributed by atoms with Gasteiger partial charge in [0.1, 0.15) is 0 Å². The molecular formula is C37H36N2O6S2. The van der Waals surface area contributed by atoms with Gasteiger partial charge in [-0.3, -0.25) is 9.59 Å². The zero-order valence-corrected chi connectivity index (χ0v) is 27.5. The molecule has 0 bridgehead atoms. The zero-order chi connectivity index (χ0) is 32.8. The Labute approximate surface area is 281 Å². The fourth-order valence-corrected chi connectivity index (χ4v) is 7.87. The summed E-state index contributed by atoms with van der Waals surface area (Å²) in [4.78, 5) is 27.6. The van der Waals surface area contributed by atoms with Gasteiger partial charge < -0.3 is 25.0 Å². The van der Waals surface area contributed by atoms with Crippen LogP contribution < -0.4 is 5.32 Å². The predicted molar refractivity (Wildman–Crippen MR) is 184 cm³/mol. The summed E-state index contributed by atoms with van der Waals surface area (Å²) in [6.07, 6.45) is -1.20. The standard InChI is InChI=1S/C37H36N2O6S2/c1-23-31(22-46-37-39-30-10-2-3-11-32(30)47-37)44-36(45-35(23)26-14-12-24(21-40)13-15-26)29-9-5-8-28(19-29)27-7-4-6-25(18-27)20-38-33(41)16-17-34(42)43/h2-15,18-19,23,31,35-36,40H,16-17,20-22H2,1H3,(H,38,41)(H,42,43)/t23-,31+,35+,36+/m1/s1. The normalized spacial score (nSPS) is 19.4. The Bertz CT molecular complexity index is 1810. The third-order valence-electron chi connectivity index (χ3n) is 8.24. The number of aliphatic hydroxyl groups excluding tert-OH is 1. The lowest BCUT2D eigenvalue weighted by Crippen LogP contribution is -2.38. The van der Waals surface area contributed by atoms with Crippen LogP contribution >= 0.6 is 23.1 Å². The summed E-state index contributed by atoms with van der Waals surface area (Å²) in [6.45, 7) is 2.45. The molecule has 47 heavy (non-hydrogen) atoms. The van der Waals surface area contributed by atoms with Crippen LogP contribution in [0, 0.1) is 5.92 Å². The van der Waals surface area contributed by atoms with Gasteiger partial charge in [0.25, 0.3) is 0 Å². The number of carbonyl (C=O) groups is 2. The SMILES string of the molecule is C[C@@H]1[C@H](CSc2nc3ccccc3s2)O[C@H](c2cccc(-c3cccc(CNC(=O)CCC(=O)O)c3)c2)O[C@@H]1c1ccc(CO)cc1. The van der Waals surface area contributed by atoms with Crippen molar-refractivity contribution in [2.24, 2.45) is 5.92 Å². The first-order valence-corrected chi connectivity index (χ1v) is 17.3. The molecule has 3 N–H and O–H groups in total. The summed E-state index contributed by atoms with van der Waals surface area (Å²) in [6, 6.07) is 32.1. The number of carboxylic acid groups (broad SMARTS) is 1. The van der Waals surface area contributed by atoms with Crippen molar-refractivity contribution in [1.82, 2.24) is 10.3 Å². The summed E-state index contributed by atoms with van der Waals surface area (Å²) in [5, 5.41) is 21.2. The van der Waals surface area contributed by atoms with Crippen LogP contribution in [-0.4, -0.2) is 38.9 Å². The minimum absolute atomic E-state index is 0.0143. The van der Waals surface area contributed by atoms with E-state index in [0.717, 1.165) is 47.9 Å². The molecule has 0 spiro atoms. The topological polar surface area (TPSA) is 118 Å². The third-order valence-corrected chi connectivity index (χ3v) is 10.5. The Balaban J connectivity index is 1.22. The Morgan fingerprint density at radius 1 is 0.872 bits per heavy atom. The molecule has 5 aromatic rings. The quantitative estimate of drug-likeness (QED) is 0.117. The highest BCUT2D eigenvalue weighted by molar-refractivity contribution is 8.01. The predicted octanol–water partition coefficient (Wildman–Crippen LogP) is 7.52. The van der Waals surface area contributed by atoms with Gasteiger partial charge in [0, 0.05) is 30.2 Å². The van der Waals surface area contributed by atoms with E-state index in [0.29, 0.717) is 12.3 Å². The zero-order valence-electron chi connectivity index (χ0n) is 25.9. The lowest BCUT2D eigenvalue weighted by molar-refractivity contribution is -0.268. The number of ether oxygens (including phenoxy) is 2. The maximum Gasteiger partial charge on any atom is 0.303 e. The third kappa shape index (κ3) is 8.27. The number of thioether (sulfide) groups is 1. The minimum atomic E-state index is -0.994. The molecule has 1 aromatic heterocycles. The van der Waals surface area contributed by atoms with Crippen LogP contribution in [0.3, 0.4) is 0 Å². The summed E-state index contributed by atoms with van der Waals surface area (Å²) in [5.74, 6) is -0.520. The number of hydrogen-bond donors (Lipinski definition) is 3. The van der Waals surface area contributed by atoms with Gasteiger partial charge in [0.2, 0.25) is 5.91 Å². The number of para-hydroxylation sites is 1. The first kappa shape index (κ1) is 32.9. The number of rotatable bonds is 12. The van der Waals surface area contributed by atoms with Crippen LogP contribution in [0.15, 0.2) is 101 Å². The van der Waals surface area contributed by atoms with E-state index in [9.17, 15) is 14.7 Å². The number of thiazole rings is 1. The van der Waals surface area contributed by atoms with E-state index in [1.807, 2.05) is 84.9 Å². The molecule has 1 saturated heterocycles. The van der Waals surface area contributed by atoms with Gasteiger partial charge in [-0.25, -0.2) is 4.98 Å². The number of aromatic nitrogens is 1. The summed E-state index contributed by atoms with van der Waals surface area (Å²) >= 11 is 3.39. The Morgan fingerprint density at radius 3 is 2.40 bits per heavy atom. The fourth-order valence-electron chi connectivity index (χ4n) is 5.61. The molecule has 2 heterocycles. The molecule has 1 fully saturated rings. The number of hydrogen-bond acceptors (Lipinski definition) is 8. The van der Waals surface area contributed by atoms with Crippen LogP contribution in [0.25, 0.3) is 21.3 Å². The van der Waals surface area contributed by atoms with Crippen LogP contribution in [0.1, 0.15) is 54.4 Å². The van der Waals surface area contributed by atoms with Crippen molar-refractivity contribution in [3.63, 3.8) is 0 Å². The number of carbonyl (C=O) groups excluding carboxylic acids is 1. The van der Waals surface area contributed by atoms with Crippen molar-refractivity contribution < 1.29 is 29.3 Å². The molecule has 1 aliphatic rings. The number of carboxylic acids is 1. The van der Waals surface area contributed by atoms with Crippen molar-refractivity contribution in [3.05, 3.63) is 119 Å². The molecule has 242 valence electrons. The molecule has 1 aliphatic heterocycles. The largest absolute Gasteiger partial charge is 0.481 e. The molecule has 4 aromatic carbocycles. The van der Waals surface area contributed by atoms with Gasteiger partial charge in [-0.1, -0.05) is 91.5 Å². The fraction of sp³-hybridized carbons (Fsp3) is 0.270. The average Bonchev–Trinajstić information content (AvgIpc) is 3.53. The highest BCUT2D eigenvalue weighted by atomic mass is 32.2. The van der Waals surface area contributed by atoms with Crippen molar-refractivity contribution in [3.8, 4) is 11.1 Å². The van der Waals surface area contributed by atoms with Gasteiger partial charge in [0.15, 0.2) is 10.6 Å². The van der Waals surface area contributed by atoms with Crippen molar-refractivity contribution in [1.29, 1.82) is 0 Å². The van der Waals surface area contributed by atoms with Crippen LogP contribution in [-0.2, 0) is 32.2 Å². The van der Waals surface area contributed by atoms with Gasteiger partial charge >= 0.3 is 5.97 Å². The van der Waals surface area contributed by atoms with E-state index >= 15 is 0 Å². The number of benzene rings is 4. The number of nitrogens with one attached hydrogen (secondary N) is 1. The minimum Gasteiger partial charge on any atom is -0.481 e. The Kier molecular flexibility index (Phi) is 10.6. The van der Waals surface area contributed by atoms with E-state index in [1.54, 1.807) is 23.1 Å². The van der Waals surface area contributed by atoms with E-state index < -0.39 is 12.3 Å². The molecule has 8 nitrogen and oxygen atoms in total. The van der Waals surface area contributed by atoms with E-state index in [2.05, 4.69) is 24.4 Å². The summed E-state index contributed by atoms with van der Waals surface area (Å²) < 4.78 is 15.6. The van der Waals surface area contributed by atoms with E-state index in [1.165, 1.54) is 0 Å². The van der Waals surface area contributed by atoms with Gasteiger partial charge in [0.05, 0.1) is 35.5 Å². The summed E-state index contributed by atoms with van der Waals surface area (Å²) in [5.41, 5.74) is 6.66. The molecule has 0 radical (unpaired) electrons. The summed E-state index contributed by atoms with van der Waals surface area (Å²) in [7, 11) is 0. The van der Waals surface area contributed by atoms with Gasteiger partial charge in [-0.05, 0) is 52.1 Å². The molecule has 0 saturated carbocycles. The first-order valence-electron chi connectivity index (χ1n) is 15.5. The first-order chi connectivity index (χ1) is 22.9. The highest BCUT2D eigenvalue weighted by Gasteiger charge is 2.38. The highest BCUT2D eigenvalue weighted by Crippen LogP contribution is 2.44. The average molecular weight is 669 g/mol. The number of fused-ring (bicyclic) bond motifs is 1. The lowest BCUT2D eigenvalue weighted by atomic mass is 9.91. The molecular weight excluding hydrogens is 633 g/mol. The van der Waals surface area contributed by atoms with Crippen molar-refractivity contribution >= 4 is 45.2 Å². The second kappa shape index (κ2) is 15.2. The molecule has 1 amide bonds. The maximum atomic E-state index is 12.1. The number of nitrogens with zero attached hydrogens (tertiary/aromatic N) is 1. The van der Waals surface area contributed by atoms with Crippen LogP contribution in [0.2, 0.25) is 0 Å². The number of amides is 1. The monoisotopic (exact) mass is 668 g/mol. The molecule has 10 heteroatoms. The lowest BCUT2D eigenvalue weighted by Gasteiger charge is -2.41. The number of aliphatic carboxylic acids is 1. The second-order valence-electron chi connectivity index (χ2n) is 11.6. The van der Waals surface area contributed by atoms with Crippen LogP contribution in [0.5, 0.6) is 0 Å². The van der Waals surface area contributed by atoms with Crippen molar-refractivity contribution in [2.45, 2.75) is 55.8 Å². The Morgan fingerprint density at radius 2 is 1.64 bits per heavy atom. The Hall–Kier alpha value is -4.06. The van der Waals surface area contributed by atoms with Crippen LogP contribution in [0.4, 0.5) is 0 Å².